The first-order chi connectivity index (χ1) is 10.1. The van der Waals surface area contributed by atoms with E-state index >= 15 is 0 Å². The molecule has 0 saturated carbocycles. The molecular formula is C17H21BrN2O. The highest BCUT2D eigenvalue weighted by molar-refractivity contribution is 9.10. The van der Waals surface area contributed by atoms with E-state index in [-0.39, 0.29) is 0 Å². The van der Waals surface area contributed by atoms with E-state index in [2.05, 4.69) is 64.5 Å². The Hall–Kier alpha value is -1.52. The number of anilines is 1. The van der Waals surface area contributed by atoms with Gasteiger partial charge < -0.3 is 15.0 Å². The standard InChI is InChI=1S/C17H21BrN2O/c1-20(2)12-14-7-8-17(21-3)16(10-14)19-11-13-5-4-6-15(18)9-13/h4-10,19H,11-12H2,1-3H3. The van der Waals surface area contributed by atoms with Crippen molar-refractivity contribution in [1.82, 2.24) is 4.90 Å². The van der Waals surface area contributed by atoms with Gasteiger partial charge in [0.25, 0.3) is 0 Å². The Morgan fingerprint density at radius 3 is 2.57 bits per heavy atom. The first kappa shape index (κ1) is 15.9. The summed E-state index contributed by atoms with van der Waals surface area (Å²) in [5.41, 5.74) is 3.51. The van der Waals surface area contributed by atoms with Crippen LogP contribution in [0.25, 0.3) is 0 Å². The molecule has 0 radical (unpaired) electrons. The Morgan fingerprint density at radius 1 is 1.10 bits per heavy atom. The van der Waals surface area contributed by atoms with Crippen molar-refractivity contribution < 1.29 is 4.74 Å². The van der Waals surface area contributed by atoms with E-state index < -0.39 is 0 Å². The molecule has 0 aliphatic rings. The fourth-order valence-corrected chi connectivity index (χ4v) is 2.65. The van der Waals surface area contributed by atoms with E-state index in [4.69, 9.17) is 4.74 Å². The summed E-state index contributed by atoms with van der Waals surface area (Å²) in [6.07, 6.45) is 0. The van der Waals surface area contributed by atoms with Crippen molar-refractivity contribution >= 4 is 21.6 Å². The number of rotatable bonds is 6. The van der Waals surface area contributed by atoms with Crippen molar-refractivity contribution in [3.8, 4) is 5.75 Å². The van der Waals surface area contributed by atoms with Crippen molar-refractivity contribution in [2.24, 2.45) is 0 Å². The molecule has 0 spiro atoms. The third-order valence-electron chi connectivity index (χ3n) is 3.13. The van der Waals surface area contributed by atoms with Crippen LogP contribution in [0.1, 0.15) is 11.1 Å². The van der Waals surface area contributed by atoms with E-state index in [1.54, 1.807) is 7.11 Å². The summed E-state index contributed by atoms with van der Waals surface area (Å²) in [7, 11) is 5.84. The lowest BCUT2D eigenvalue weighted by Gasteiger charge is -2.15. The van der Waals surface area contributed by atoms with E-state index in [1.807, 2.05) is 18.2 Å². The molecule has 0 amide bonds. The lowest BCUT2D eigenvalue weighted by atomic mass is 10.1. The van der Waals surface area contributed by atoms with Crippen molar-refractivity contribution in [1.29, 1.82) is 0 Å². The van der Waals surface area contributed by atoms with Gasteiger partial charge in [-0.25, -0.2) is 0 Å². The SMILES string of the molecule is COc1ccc(CN(C)C)cc1NCc1cccc(Br)c1. The van der Waals surface area contributed by atoms with E-state index in [9.17, 15) is 0 Å². The summed E-state index contributed by atoms with van der Waals surface area (Å²) >= 11 is 3.50. The second-order valence-corrected chi connectivity index (χ2v) is 6.17. The van der Waals surface area contributed by atoms with Gasteiger partial charge in [0.15, 0.2) is 0 Å². The second kappa shape index (κ2) is 7.48. The van der Waals surface area contributed by atoms with Crippen molar-refractivity contribution in [3.63, 3.8) is 0 Å². The van der Waals surface area contributed by atoms with Gasteiger partial charge in [-0.15, -0.1) is 0 Å². The third-order valence-corrected chi connectivity index (χ3v) is 3.63. The van der Waals surface area contributed by atoms with Gasteiger partial charge in [0, 0.05) is 17.6 Å². The van der Waals surface area contributed by atoms with Gasteiger partial charge in [-0.2, -0.15) is 0 Å². The van der Waals surface area contributed by atoms with E-state index in [0.717, 1.165) is 29.0 Å². The predicted molar refractivity (Wildman–Crippen MR) is 91.9 cm³/mol. The zero-order valence-corrected chi connectivity index (χ0v) is 14.3. The van der Waals surface area contributed by atoms with Crippen molar-refractivity contribution in [2.45, 2.75) is 13.1 Å². The summed E-state index contributed by atoms with van der Waals surface area (Å²) < 4.78 is 6.52. The quantitative estimate of drug-likeness (QED) is 0.849. The number of hydrogen-bond acceptors (Lipinski definition) is 3. The van der Waals surface area contributed by atoms with Crippen LogP contribution in [0.4, 0.5) is 5.69 Å². The molecule has 0 unspecified atom stereocenters. The number of nitrogens with zero attached hydrogens (tertiary/aromatic N) is 1. The highest BCUT2D eigenvalue weighted by Crippen LogP contribution is 2.26. The maximum atomic E-state index is 5.43. The zero-order valence-electron chi connectivity index (χ0n) is 12.7. The number of nitrogens with one attached hydrogen (secondary N) is 1. The summed E-state index contributed by atoms with van der Waals surface area (Å²) in [6, 6.07) is 14.6. The Balaban J connectivity index is 2.13. The fraction of sp³-hybridized carbons (Fsp3) is 0.294. The number of hydrogen-bond donors (Lipinski definition) is 1. The molecule has 0 aliphatic heterocycles. The van der Waals surface area contributed by atoms with E-state index in [1.165, 1.54) is 11.1 Å². The molecule has 0 aliphatic carbocycles. The summed E-state index contributed by atoms with van der Waals surface area (Å²) in [5, 5.41) is 3.46. The first-order valence-electron chi connectivity index (χ1n) is 6.88. The van der Waals surface area contributed by atoms with Gasteiger partial charge in [-0.3, -0.25) is 0 Å². The highest BCUT2D eigenvalue weighted by atomic mass is 79.9. The van der Waals surface area contributed by atoms with Crippen molar-refractivity contribution in [2.75, 3.05) is 26.5 Å². The number of methoxy groups -OCH3 is 1. The minimum atomic E-state index is 0.765. The summed E-state index contributed by atoms with van der Waals surface area (Å²) in [5.74, 6) is 0.868. The van der Waals surface area contributed by atoms with Gasteiger partial charge in [0.05, 0.1) is 12.8 Å². The van der Waals surface area contributed by atoms with Crippen LogP contribution in [0.5, 0.6) is 5.75 Å². The first-order valence-corrected chi connectivity index (χ1v) is 7.68. The van der Waals surface area contributed by atoms with Crippen LogP contribution in [-0.4, -0.2) is 26.1 Å². The number of ether oxygens (including phenoxy) is 1. The molecule has 0 aromatic heterocycles. The molecule has 2 rings (SSSR count). The minimum Gasteiger partial charge on any atom is -0.495 e. The van der Waals surface area contributed by atoms with Crippen LogP contribution in [0.3, 0.4) is 0 Å². The Morgan fingerprint density at radius 2 is 1.90 bits per heavy atom. The molecule has 112 valence electrons. The maximum Gasteiger partial charge on any atom is 0.141 e. The zero-order chi connectivity index (χ0) is 15.2. The smallest absolute Gasteiger partial charge is 0.141 e. The molecule has 21 heavy (non-hydrogen) atoms. The normalized spacial score (nSPS) is 10.7. The second-order valence-electron chi connectivity index (χ2n) is 5.26. The van der Waals surface area contributed by atoms with Gasteiger partial charge in [0.2, 0.25) is 0 Å². The Bertz CT molecular complexity index is 599. The fourth-order valence-electron chi connectivity index (χ4n) is 2.20. The topological polar surface area (TPSA) is 24.5 Å². The van der Waals surface area contributed by atoms with Gasteiger partial charge in [0.1, 0.15) is 5.75 Å². The molecule has 4 heteroatoms. The van der Waals surface area contributed by atoms with Gasteiger partial charge in [-0.1, -0.05) is 34.1 Å². The van der Waals surface area contributed by atoms with Crippen LogP contribution in [-0.2, 0) is 13.1 Å². The lowest BCUT2D eigenvalue weighted by molar-refractivity contribution is 0.400. The molecule has 3 nitrogen and oxygen atoms in total. The molecule has 0 bridgehead atoms. The molecular weight excluding hydrogens is 328 g/mol. The molecule has 0 heterocycles. The Kier molecular flexibility index (Phi) is 5.65. The monoisotopic (exact) mass is 348 g/mol. The van der Waals surface area contributed by atoms with Crippen LogP contribution < -0.4 is 10.1 Å². The van der Waals surface area contributed by atoms with Gasteiger partial charge in [-0.05, 0) is 49.5 Å². The third kappa shape index (κ3) is 4.76. The van der Waals surface area contributed by atoms with Crippen LogP contribution in [0.2, 0.25) is 0 Å². The molecule has 1 N–H and O–H groups in total. The number of benzene rings is 2. The van der Waals surface area contributed by atoms with Crippen molar-refractivity contribution in [3.05, 3.63) is 58.1 Å². The Labute approximate surface area is 135 Å². The summed E-state index contributed by atoms with van der Waals surface area (Å²) in [4.78, 5) is 2.15. The predicted octanol–water partition coefficient (Wildman–Crippen LogP) is 4.13. The lowest BCUT2D eigenvalue weighted by Crippen LogP contribution is -2.11. The highest BCUT2D eigenvalue weighted by Gasteiger charge is 2.05. The molecule has 2 aromatic rings. The van der Waals surface area contributed by atoms with E-state index in [0.29, 0.717) is 0 Å². The van der Waals surface area contributed by atoms with Gasteiger partial charge >= 0.3 is 0 Å². The average molecular weight is 349 g/mol. The molecule has 2 aromatic carbocycles. The number of halogens is 1. The molecule has 0 atom stereocenters. The van der Waals surface area contributed by atoms with Crippen LogP contribution in [0, 0.1) is 0 Å². The molecule has 0 saturated heterocycles. The van der Waals surface area contributed by atoms with Crippen LogP contribution >= 0.6 is 15.9 Å². The molecule has 0 fully saturated rings. The minimum absolute atomic E-state index is 0.765. The average Bonchev–Trinajstić information content (AvgIpc) is 2.45. The van der Waals surface area contributed by atoms with Crippen LogP contribution in [0.15, 0.2) is 46.9 Å². The largest absolute Gasteiger partial charge is 0.495 e. The maximum absolute atomic E-state index is 5.43. The summed E-state index contributed by atoms with van der Waals surface area (Å²) in [6.45, 7) is 1.68.